The summed E-state index contributed by atoms with van der Waals surface area (Å²) in [6.45, 7) is 2.42. The molecule has 2 N–H and O–H groups in total. The Balaban J connectivity index is 0.00000109. The van der Waals surface area contributed by atoms with Crippen LogP contribution in [0.4, 0.5) is 0 Å². The van der Waals surface area contributed by atoms with E-state index >= 15 is 0 Å². The highest BCUT2D eigenvalue weighted by Gasteiger charge is 2.27. The van der Waals surface area contributed by atoms with Crippen molar-refractivity contribution >= 4 is 33.6 Å². The van der Waals surface area contributed by atoms with Gasteiger partial charge in [-0.25, -0.2) is 4.79 Å². The quantitative estimate of drug-likeness (QED) is 0.382. The van der Waals surface area contributed by atoms with E-state index < -0.39 is 12.2 Å². The monoisotopic (exact) mass is 499 g/mol. The third kappa shape index (κ3) is 4.61. The highest BCUT2D eigenvalue weighted by Crippen LogP contribution is 2.33. The predicted molar refractivity (Wildman–Crippen MR) is 120 cm³/mol. The molecule has 2 heterocycles. The van der Waals surface area contributed by atoms with E-state index in [0.717, 1.165) is 68.1 Å². The van der Waals surface area contributed by atoms with Crippen LogP contribution in [0.15, 0.2) is 27.4 Å². The number of likely N-dealkylation sites (tertiary alicyclic amines) is 1. The van der Waals surface area contributed by atoms with Crippen molar-refractivity contribution < 1.29 is 14.6 Å². The van der Waals surface area contributed by atoms with Gasteiger partial charge in [0, 0.05) is 17.5 Å². The molecule has 1 fully saturated rings. The van der Waals surface area contributed by atoms with Gasteiger partial charge in [-0.15, -0.1) is 0 Å². The number of benzene rings is 1. The zero-order valence-electron chi connectivity index (χ0n) is 16.5. The van der Waals surface area contributed by atoms with Crippen molar-refractivity contribution in [3.63, 3.8) is 0 Å². The fourth-order valence-corrected chi connectivity index (χ4v) is 4.48. The number of β-amino-alcohol motifs (C(OH)–C–C–N with tert-alkyl or cyclic N) is 1. The van der Waals surface area contributed by atoms with Crippen molar-refractivity contribution in [2.45, 2.75) is 57.2 Å². The van der Waals surface area contributed by atoms with Crippen LogP contribution in [0.1, 0.15) is 54.9 Å². The minimum absolute atomic E-state index is 0.257. The second-order valence-electron chi connectivity index (χ2n) is 7.65. The number of aliphatic hydroxyl groups excluding tert-OH is 2. The van der Waals surface area contributed by atoms with Gasteiger partial charge >= 0.3 is 5.63 Å². The van der Waals surface area contributed by atoms with Crippen LogP contribution in [0.2, 0.25) is 0 Å². The molecule has 0 bridgehead atoms. The largest absolute Gasteiger partial charge is 0.422 e. The van der Waals surface area contributed by atoms with Crippen LogP contribution in [0.5, 0.6) is 0 Å². The summed E-state index contributed by atoms with van der Waals surface area (Å²) in [5, 5.41) is 22.4. The molecule has 1 aromatic heterocycles. The topological polar surface area (TPSA) is 73.9 Å². The van der Waals surface area contributed by atoms with Gasteiger partial charge in [0.1, 0.15) is 11.7 Å². The zero-order chi connectivity index (χ0) is 20.1. The van der Waals surface area contributed by atoms with Gasteiger partial charge in [-0.2, -0.15) is 0 Å². The molecular weight excluding hydrogens is 469 g/mol. The highest BCUT2D eigenvalue weighted by atomic mass is 127. The number of halogens is 1. The minimum atomic E-state index is -0.987. The number of aryl methyl sites for hydroxylation is 1. The lowest BCUT2D eigenvalue weighted by atomic mass is 9.87. The van der Waals surface area contributed by atoms with Crippen LogP contribution < -0.4 is 5.63 Å². The molecule has 5 nitrogen and oxygen atoms in total. The van der Waals surface area contributed by atoms with Crippen LogP contribution >= 0.6 is 22.6 Å². The third-order valence-corrected chi connectivity index (χ3v) is 5.85. The maximum Gasteiger partial charge on any atom is 0.339 e. The minimum Gasteiger partial charge on any atom is -0.422 e. The summed E-state index contributed by atoms with van der Waals surface area (Å²) in [6.07, 6.45) is 5.27. The molecule has 1 aromatic carbocycles. The van der Waals surface area contributed by atoms with Crippen molar-refractivity contribution in [1.29, 1.82) is 0 Å². The molecular formula is C22H30INO4. The average molecular weight is 499 g/mol. The second-order valence-corrected chi connectivity index (χ2v) is 7.65. The molecule has 2 atom stereocenters. The first-order chi connectivity index (χ1) is 13.6. The van der Waals surface area contributed by atoms with E-state index in [0.29, 0.717) is 17.7 Å². The summed E-state index contributed by atoms with van der Waals surface area (Å²) in [5.41, 5.74) is 2.68. The van der Waals surface area contributed by atoms with Gasteiger partial charge in [0.25, 0.3) is 0 Å². The molecule has 28 heavy (non-hydrogen) atoms. The molecule has 0 radical (unpaired) electrons. The van der Waals surface area contributed by atoms with Gasteiger partial charge in [-0.05, 0) is 73.7 Å². The van der Waals surface area contributed by atoms with Gasteiger partial charge in [0.2, 0.25) is 0 Å². The standard InChI is InChI=1S/C21H27NO4.CH3I/c23-17(13-22-11-4-1-5-12-22)20(24)16-9-6-10-18-19(16)14-7-2-3-8-15(14)21(25)26-18;1-2/h6,9-10,17,20,23-24H,1-5,7-8,11-13H2;1H3. The lowest BCUT2D eigenvalue weighted by Gasteiger charge is -2.30. The number of hydrogen-bond acceptors (Lipinski definition) is 5. The fourth-order valence-electron chi connectivity index (χ4n) is 4.48. The summed E-state index contributed by atoms with van der Waals surface area (Å²) in [7, 11) is 0. The van der Waals surface area contributed by atoms with E-state index in [9.17, 15) is 15.0 Å². The zero-order valence-corrected chi connectivity index (χ0v) is 18.7. The molecule has 0 amide bonds. The van der Waals surface area contributed by atoms with E-state index in [2.05, 4.69) is 27.5 Å². The maximum atomic E-state index is 12.3. The number of fused-ring (bicyclic) bond motifs is 3. The Morgan fingerprint density at radius 2 is 1.71 bits per heavy atom. The Hall–Kier alpha value is -0.960. The number of piperidine rings is 1. The Morgan fingerprint density at radius 1 is 1.04 bits per heavy atom. The molecule has 2 aliphatic rings. The number of nitrogens with zero attached hydrogens (tertiary/aromatic N) is 1. The van der Waals surface area contributed by atoms with Crippen LogP contribution in [-0.2, 0) is 12.8 Å². The van der Waals surface area contributed by atoms with Crippen molar-refractivity contribution in [3.05, 3.63) is 45.3 Å². The van der Waals surface area contributed by atoms with Crippen LogP contribution in [0.3, 0.4) is 0 Å². The summed E-state index contributed by atoms with van der Waals surface area (Å²) in [6, 6.07) is 5.41. The molecule has 1 aliphatic carbocycles. The van der Waals surface area contributed by atoms with Gasteiger partial charge in [0.15, 0.2) is 0 Å². The number of hydrogen-bond donors (Lipinski definition) is 2. The summed E-state index contributed by atoms with van der Waals surface area (Å²) < 4.78 is 5.52. The van der Waals surface area contributed by atoms with E-state index in [-0.39, 0.29) is 5.63 Å². The Morgan fingerprint density at radius 3 is 2.43 bits per heavy atom. The van der Waals surface area contributed by atoms with Crippen molar-refractivity contribution in [3.8, 4) is 0 Å². The molecule has 1 aliphatic heterocycles. The normalized spacial score (nSPS) is 19.4. The molecule has 1 saturated heterocycles. The molecule has 2 aromatic rings. The molecule has 4 rings (SSSR count). The molecule has 154 valence electrons. The first kappa shape index (κ1) is 21.7. The third-order valence-electron chi connectivity index (χ3n) is 5.85. The van der Waals surface area contributed by atoms with Crippen molar-refractivity contribution in [2.24, 2.45) is 0 Å². The van der Waals surface area contributed by atoms with Gasteiger partial charge in [0.05, 0.1) is 6.10 Å². The van der Waals surface area contributed by atoms with E-state index in [4.69, 9.17) is 4.42 Å². The SMILES string of the molecule is CI.O=c1oc2cccc(C(O)C(O)CN3CCCCC3)c2c2c1CCCC2. The van der Waals surface area contributed by atoms with Crippen molar-refractivity contribution in [2.75, 3.05) is 24.6 Å². The summed E-state index contributed by atoms with van der Waals surface area (Å²) >= 11 is 2.15. The second kappa shape index (κ2) is 10.2. The molecule has 2 unspecified atom stereocenters. The van der Waals surface area contributed by atoms with Gasteiger partial charge in [-0.1, -0.05) is 41.1 Å². The van der Waals surface area contributed by atoms with Crippen LogP contribution in [0.25, 0.3) is 11.0 Å². The summed E-state index contributed by atoms with van der Waals surface area (Å²) in [5.74, 6) is 0. The highest BCUT2D eigenvalue weighted by molar-refractivity contribution is 14.1. The van der Waals surface area contributed by atoms with Crippen LogP contribution in [0, 0.1) is 0 Å². The van der Waals surface area contributed by atoms with Gasteiger partial charge < -0.3 is 19.5 Å². The number of alkyl halides is 1. The van der Waals surface area contributed by atoms with Crippen LogP contribution in [-0.4, -0.2) is 45.8 Å². The van der Waals surface area contributed by atoms with E-state index in [1.807, 2.05) is 11.0 Å². The molecule has 6 heteroatoms. The Kier molecular flexibility index (Phi) is 7.91. The Bertz CT molecular complexity index is 844. The fraction of sp³-hybridized carbons (Fsp3) is 0.591. The number of aliphatic hydroxyl groups is 2. The van der Waals surface area contributed by atoms with E-state index in [1.54, 1.807) is 12.1 Å². The summed E-state index contributed by atoms with van der Waals surface area (Å²) in [4.78, 5) is 16.5. The molecule has 0 saturated carbocycles. The number of rotatable bonds is 4. The van der Waals surface area contributed by atoms with Crippen molar-refractivity contribution in [1.82, 2.24) is 4.90 Å². The average Bonchev–Trinajstić information content (AvgIpc) is 2.75. The lowest BCUT2D eigenvalue weighted by molar-refractivity contribution is -0.00598. The maximum absolute atomic E-state index is 12.3. The molecule has 0 spiro atoms. The lowest BCUT2D eigenvalue weighted by Crippen LogP contribution is -2.39. The van der Waals surface area contributed by atoms with Gasteiger partial charge in [-0.3, -0.25) is 0 Å². The van der Waals surface area contributed by atoms with E-state index in [1.165, 1.54) is 6.42 Å². The predicted octanol–water partition coefficient (Wildman–Crippen LogP) is 3.60. The smallest absolute Gasteiger partial charge is 0.339 e. The first-order valence-electron chi connectivity index (χ1n) is 10.2. The Labute approximate surface area is 179 Å². The first-order valence-corrected chi connectivity index (χ1v) is 12.3.